The summed E-state index contributed by atoms with van der Waals surface area (Å²) in [5, 5.41) is 45.8. The molecule has 2 heterocycles. The first-order valence-electron chi connectivity index (χ1n) is 17.0. The van der Waals surface area contributed by atoms with E-state index in [-0.39, 0.29) is 40.8 Å². The largest absolute Gasteiger partial charge is 0.506 e. The summed E-state index contributed by atoms with van der Waals surface area (Å²) in [5.74, 6) is -0.758. The lowest BCUT2D eigenvalue weighted by Crippen LogP contribution is -2.39. The Hall–Kier alpha value is -5.49. The number of fused-ring (bicyclic) bond motifs is 1. The van der Waals surface area contributed by atoms with Crippen molar-refractivity contribution in [1.29, 1.82) is 0 Å². The number of aliphatic hydroxyl groups is 2. The zero-order valence-electron chi connectivity index (χ0n) is 28.0. The molecule has 1 aliphatic rings. The normalized spacial score (nSPS) is 15.3. The predicted octanol–water partition coefficient (Wildman–Crippen LogP) is 4.35. The van der Waals surface area contributed by atoms with Crippen molar-refractivity contribution in [3.63, 3.8) is 0 Å². The number of carbonyl (C=O) groups excluding carboxylic acids is 1. The molecule has 6 N–H and O–H groups in total. The van der Waals surface area contributed by atoms with E-state index in [9.17, 15) is 34.8 Å². The van der Waals surface area contributed by atoms with Crippen molar-refractivity contribution in [3.8, 4) is 11.5 Å². The molecule has 6 rings (SSSR count). The Kier molecular flexibility index (Phi) is 10.8. The molecule has 11 nitrogen and oxygen atoms in total. The number of aromatic nitrogens is 1. The lowest BCUT2D eigenvalue weighted by atomic mass is 9.86. The summed E-state index contributed by atoms with van der Waals surface area (Å²) in [6.07, 6.45) is 1.39. The summed E-state index contributed by atoms with van der Waals surface area (Å²) in [4.78, 5) is 41.5. The van der Waals surface area contributed by atoms with Gasteiger partial charge in [-0.2, -0.15) is 0 Å². The van der Waals surface area contributed by atoms with Crippen molar-refractivity contribution in [2.24, 2.45) is 5.92 Å². The number of nitrogens with zero attached hydrogens (tertiary/aromatic N) is 1. The fraction of sp³-hybridized carbons (Fsp3) is 0.275. The maximum atomic E-state index is 13.3. The third-order valence-electron chi connectivity index (χ3n) is 9.54. The van der Waals surface area contributed by atoms with E-state index in [2.05, 4.69) is 10.3 Å². The number of carboxylic acids is 1. The lowest BCUT2D eigenvalue weighted by molar-refractivity contribution is -0.155. The number of carbonyl (C=O) groups is 2. The fourth-order valence-electron chi connectivity index (χ4n) is 6.55. The van der Waals surface area contributed by atoms with Crippen LogP contribution < -0.4 is 15.6 Å². The Morgan fingerprint density at radius 2 is 1.65 bits per heavy atom. The zero-order chi connectivity index (χ0) is 36.0. The van der Waals surface area contributed by atoms with Crippen LogP contribution >= 0.6 is 0 Å². The number of hydrogen-bond donors (Lipinski definition) is 6. The Balaban J connectivity index is 0.949. The van der Waals surface area contributed by atoms with Gasteiger partial charge in [-0.3, -0.25) is 9.59 Å². The second-order valence-electron chi connectivity index (χ2n) is 12.9. The molecule has 5 aromatic rings. The van der Waals surface area contributed by atoms with Crippen molar-refractivity contribution in [3.05, 3.63) is 141 Å². The van der Waals surface area contributed by atoms with Crippen LogP contribution in [0, 0.1) is 5.92 Å². The number of nitrogens with one attached hydrogen (secondary N) is 2. The number of pyridine rings is 1. The van der Waals surface area contributed by atoms with Crippen molar-refractivity contribution >= 4 is 22.8 Å². The Bertz CT molecular complexity index is 2040. The van der Waals surface area contributed by atoms with E-state index in [1.807, 2.05) is 29.2 Å². The number of ether oxygens (including phenoxy) is 1. The van der Waals surface area contributed by atoms with Gasteiger partial charge in [0, 0.05) is 42.2 Å². The number of benzene rings is 4. The van der Waals surface area contributed by atoms with Gasteiger partial charge in [0.1, 0.15) is 11.5 Å². The van der Waals surface area contributed by atoms with E-state index >= 15 is 0 Å². The van der Waals surface area contributed by atoms with Gasteiger partial charge in [-0.1, -0.05) is 60.7 Å². The zero-order valence-corrected chi connectivity index (χ0v) is 28.0. The molecule has 0 bridgehead atoms. The van der Waals surface area contributed by atoms with E-state index in [1.165, 1.54) is 12.1 Å². The number of phenols is 1. The van der Waals surface area contributed by atoms with Gasteiger partial charge in [-0.15, -0.1) is 0 Å². The van der Waals surface area contributed by atoms with Crippen molar-refractivity contribution in [2.75, 3.05) is 32.8 Å². The van der Waals surface area contributed by atoms with Crippen LogP contribution in [-0.4, -0.2) is 75.0 Å². The highest BCUT2D eigenvalue weighted by Crippen LogP contribution is 2.33. The topological polar surface area (TPSA) is 172 Å². The number of aromatic amines is 1. The molecule has 1 fully saturated rings. The minimum atomic E-state index is -2.21. The number of aromatic hydroxyl groups is 1. The summed E-state index contributed by atoms with van der Waals surface area (Å²) in [5.41, 5.74) is 0.495. The number of amides is 1. The van der Waals surface area contributed by atoms with Crippen LogP contribution in [0.5, 0.6) is 11.5 Å². The molecule has 264 valence electrons. The molecule has 2 unspecified atom stereocenters. The molecule has 2 atom stereocenters. The van der Waals surface area contributed by atoms with Gasteiger partial charge < -0.3 is 40.4 Å². The number of hydrogen-bond acceptors (Lipinski definition) is 8. The first-order chi connectivity index (χ1) is 24.6. The molecule has 0 spiro atoms. The molecular formula is C40H41N3O8. The first kappa shape index (κ1) is 35.3. The summed E-state index contributed by atoms with van der Waals surface area (Å²) < 4.78 is 6.04. The molecule has 1 saturated heterocycles. The van der Waals surface area contributed by atoms with Gasteiger partial charge in [0.05, 0.1) is 18.2 Å². The molecule has 1 amide bonds. The number of carboxylic acid groups (broad SMARTS) is 1. The van der Waals surface area contributed by atoms with Crippen LogP contribution in [0.4, 0.5) is 0 Å². The predicted molar refractivity (Wildman–Crippen MR) is 192 cm³/mol. The molecule has 4 aromatic carbocycles. The lowest BCUT2D eigenvalue weighted by Gasteiger charge is -2.32. The van der Waals surface area contributed by atoms with Gasteiger partial charge in [0.25, 0.3) is 5.91 Å². The van der Waals surface area contributed by atoms with Crippen molar-refractivity contribution < 1.29 is 34.8 Å². The molecule has 0 radical (unpaired) electrons. The Morgan fingerprint density at radius 3 is 2.37 bits per heavy atom. The summed E-state index contributed by atoms with van der Waals surface area (Å²) in [7, 11) is 0. The number of likely N-dealkylation sites (tertiary alicyclic amines) is 1. The third-order valence-corrected chi connectivity index (χ3v) is 9.54. The number of H-pyrrole nitrogens is 1. The second kappa shape index (κ2) is 15.6. The van der Waals surface area contributed by atoms with Gasteiger partial charge in [0.15, 0.2) is 0 Å². The van der Waals surface area contributed by atoms with Crippen LogP contribution in [0.25, 0.3) is 10.9 Å². The van der Waals surface area contributed by atoms with Gasteiger partial charge in [-0.25, -0.2) is 4.79 Å². The average Bonchev–Trinajstić information content (AvgIpc) is 3.16. The quantitative estimate of drug-likeness (QED) is 0.0982. The standard InChI is InChI=1S/C40H41N3O8/c44-34-15-13-32(33-14-16-36(46)42-37(33)34)35(45)24-41-20-17-26-9-11-28(12-10-26)38(47)43-21-18-27(19-22-43)25-51-31-8-4-7-30(23-31)40(50,39(48)49)29-5-2-1-3-6-29/h1-16,23,27,35,41,44-45,50H,17-22,24-25H2,(H,42,46)(H,48,49). The highest BCUT2D eigenvalue weighted by Gasteiger charge is 2.40. The highest BCUT2D eigenvalue weighted by molar-refractivity contribution is 5.94. The number of phenolic OH excluding ortho intramolecular Hbond substituents is 1. The maximum absolute atomic E-state index is 13.3. The van der Waals surface area contributed by atoms with E-state index in [0.29, 0.717) is 60.4 Å². The molecule has 1 aliphatic heterocycles. The minimum Gasteiger partial charge on any atom is -0.506 e. The summed E-state index contributed by atoms with van der Waals surface area (Å²) >= 11 is 0. The third kappa shape index (κ3) is 7.96. The van der Waals surface area contributed by atoms with Crippen LogP contribution in [0.1, 0.15) is 51.6 Å². The van der Waals surface area contributed by atoms with E-state index in [1.54, 1.807) is 66.7 Å². The van der Waals surface area contributed by atoms with Crippen LogP contribution in [0.3, 0.4) is 0 Å². The Morgan fingerprint density at radius 1 is 0.922 bits per heavy atom. The van der Waals surface area contributed by atoms with E-state index in [4.69, 9.17) is 4.74 Å². The van der Waals surface area contributed by atoms with Crippen LogP contribution in [-0.2, 0) is 16.8 Å². The monoisotopic (exact) mass is 691 g/mol. The average molecular weight is 692 g/mol. The number of aliphatic carboxylic acids is 1. The van der Waals surface area contributed by atoms with Gasteiger partial charge in [-0.05, 0) is 84.8 Å². The van der Waals surface area contributed by atoms with Crippen LogP contribution in [0.15, 0.2) is 108 Å². The van der Waals surface area contributed by atoms with E-state index in [0.717, 1.165) is 18.4 Å². The van der Waals surface area contributed by atoms with Crippen LogP contribution in [0.2, 0.25) is 0 Å². The molecule has 0 saturated carbocycles. The molecule has 51 heavy (non-hydrogen) atoms. The minimum absolute atomic E-state index is 0.0220. The SMILES string of the molecule is O=C(c1ccc(CCNCC(O)c2ccc(O)c3[nH]c(=O)ccc23)cc1)N1CCC(COc2cccc(C(O)(C(=O)O)c3ccccc3)c2)CC1. The Labute approximate surface area is 294 Å². The number of rotatable bonds is 13. The second-order valence-corrected chi connectivity index (χ2v) is 12.9. The molecule has 1 aromatic heterocycles. The van der Waals surface area contributed by atoms with E-state index < -0.39 is 17.7 Å². The summed E-state index contributed by atoms with van der Waals surface area (Å²) in [6, 6.07) is 28.4. The maximum Gasteiger partial charge on any atom is 0.345 e. The smallest absolute Gasteiger partial charge is 0.345 e. The summed E-state index contributed by atoms with van der Waals surface area (Å²) in [6.45, 7) is 2.49. The van der Waals surface area contributed by atoms with Gasteiger partial charge >= 0.3 is 5.97 Å². The molecular weight excluding hydrogens is 650 g/mol. The van der Waals surface area contributed by atoms with Crippen molar-refractivity contribution in [2.45, 2.75) is 31.0 Å². The first-order valence-corrected chi connectivity index (χ1v) is 17.0. The number of aliphatic hydroxyl groups excluding tert-OH is 1. The fourth-order valence-corrected chi connectivity index (χ4v) is 6.55. The molecule has 11 heteroatoms. The molecule has 0 aliphatic carbocycles. The van der Waals surface area contributed by atoms with Crippen molar-refractivity contribution in [1.82, 2.24) is 15.2 Å². The number of piperidine rings is 1. The highest BCUT2D eigenvalue weighted by atomic mass is 16.5. The van der Waals surface area contributed by atoms with Gasteiger partial charge in [0.2, 0.25) is 11.2 Å².